The van der Waals surface area contributed by atoms with Crippen molar-refractivity contribution >= 4 is 22.9 Å². The Hall–Kier alpha value is -0.0500. The van der Waals surface area contributed by atoms with E-state index in [-0.39, 0.29) is 0 Å². The van der Waals surface area contributed by atoms with E-state index in [4.69, 9.17) is 11.6 Å². The molecule has 1 nitrogen and oxygen atoms in total. The molecule has 2 saturated carbocycles. The number of hydrogen-bond acceptors (Lipinski definition) is 2. The first-order chi connectivity index (χ1) is 6.81. The van der Waals surface area contributed by atoms with E-state index in [0.717, 1.165) is 28.8 Å². The van der Waals surface area contributed by atoms with Crippen molar-refractivity contribution in [3.05, 3.63) is 21.3 Å². The summed E-state index contributed by atoms with van der Waals surface area (Å²) in [6.07, 6.45) is 4.32. The van der Waals surface area contributed by atoms with Crippen molar-refractivity contribution in [3.63, 3.8) is 0 Å². The monoisotopic (exact) mass is 227 g/mol. The van der Waals surface area contributed by atoms with Gasteiger partial charge in [-0.2, -0.15) is 0 Å². The van der Waals surface area contributed by atoms with Gasteiger partial charge in [0.1, 0.15) is 0 Å². The molecule has 2 aliphatic rings. The number of fused-ring (bicyclic) bond motifs is 1. The highest BCUT2D eigenvalue weighted by Crippen LogP contribution is 2.51. The van der Waals surface area contributed by atoms with Crippen molar-refractivity contribution in [2.45, 2.75) is 31.8 Å². The second-order valence-corrected chi connectivity index (χ2v) is 6.31. The van der Waals surface area contributed by atoms with Crippen LogP contribution < -0.4 is 5.32 Å². The summed E-state index contributed by atoms with van der Waals surface area (Å²) in [6, 6.07) is 4.88. The molecule has 0 aliphatic heterocycles. The highest BCUT2D eigenvalue weighted by molar-refractivity contribution is 7.16. The second kappa shape index (κ2) is 3.51. The average Bonchev–Trinajstić information content (AvgIpc) is 2.63. The van der Waals surface area contributed by atoms with Crippen LogP contribution in [-0.4, -0.2) is 6.04 Å². The van der Waals surface area contributed by atoms with Gasteiger partial charge >= 0.3 is 0 Å². The maximum absolute atomic E-state index is 5.88. The van der Waals surface area contributed by atoms with E-state index in [2.05, 4.69) is 11.4 Å². The van der Waals surface area contributed by atoms with Gasteiger partial charge in [-0.1, -0.05) is 11.6 Å². The minimum atomic E-state index is 0.777. The predicted molar refractivity (Wildman–Crippen MR) is 60.8 cm³/mol. The van der Waals surface area contributed by atoms with Gasteiger partial charge in [-0.25, -0.2) is 0 Å². The number of nitrogens with one attached hydrogen (secondary N) is 1. The summed E-state index contributed by atoms with van der Waals surface area (Å²) >= 11 is 7.56. The molecule has 3 rings (SSSR count). The predicted octanol–water partition coefficient (Wildman–Crippen LogP) is 3.29. The molecule has 0 saturated heterocycles. The first-order valence-electron chi connectivity index (χ1n) is 5.29. The number of halogens is 1. The highest BCUT2D eigenvalue weighted by Gasteiger charge is 2.45. The summed E-state index contributed by atoms with van der Waals surface area (Å²) in [6.45, 7) is 1.00. The summed E-state index contributed by atoms with van der Waals surface area (Å²) in [5.41, 5.74) is 0. The molecule has 1 aromatic rings. The van der Waals surface area contributed by atoms with E-state index in [1.807, 2.05) is 6.07 Å². The summed E-state index contributed by atoms with van der Waals surface area (Å²) in [7, 11) is 0. The Bertz CT molecular complexity index is 326. The molecule has 2 atom stereocenters. The van der Waals surface area contributed by atoms with Crippen LogP contribution in [0.3, 0.4) is 0 Å². The largest absolute Gasteiger partial charge is 0.309 e. The lowest BCUT2D eigenvalue weighted by Crippen LogP contribution is -2.26. The van der Waals surface area contributed by atoms with E-state index in [1.165, 1.54) is 24.1 Å². The van der Waals surface area contributed by atoms with Crippen LogP contribution in [0, 0.1) is 11.8 Å². The summed E-state index contributed by atoms with van der Waals surface area (Å²) in [4.78, 5) is 1.36. The van der Waals surface area contributed by atoms with Gasteiger partial charge in [-0.15, -0.1) is 11.3 Å². The maximum atomic E-state index is 5.88. The van der Waals surface area contributed by atoms with Crippen molar-refractivity contribution in [3.8, 4) is 0 Å². The van der Waals surface area contributed by atoms with Crippen LogP contribution >= 0.6 is 22.9 Å². The van der Waals surface area contributed by atoms with Gasteiger partial charge in [0.25, 0.3) is 0 Å². The Morgan fingerprint density at radius 1 is 1.29 bits per heavy atom. The molecule has 3 heteroatoms. The molecule has 0 amide bonds. The van der Waals surface area contributed by atoms with Gasteiger partial charge in [0, 0.05) is 17.5 Å². The molecule has 1 heterocycles. The van der Waals surface area contributed by atoms with Crippen LogP contribution in [0.5, 0.6) is 0 Å². The van der Waals surface area contributed by atoms with Crippen LogP contribution in [0.15, 0.2) is 12.1 Å². The fraction of sp³-hybridized carbons (Fsp3) is 0.636. The Labute approximate surface area is 93.5 Å². The Morgan fingerprint density at radius 3 is 2.71 bits per heavy atom. The lowest BCUT2D eigenvalue weighted by Gasteiger charge is -2.12. The van der Waals surface area contributed by atoms with Gasteiger partial charge in [-0.05, 0) is 43.2 Å². The van der Waals surface area contributed by atoms with Gasteiger partial charge < -0.3 is 5.32 Å². The van der Waals surface area contributed by atoms with E-state index in [0.29, 0.717) is 0 Å². The Morgan fingerprint density at radius 2 is 2.07 bits per heavy atom. The number of rotatable bonds is 3. The van der Waals surface area contributed by atoms with Crippen LogP contribution in [0.2, 0.25) is 4.34 Å². The topological polar surface area (TPSA) is 12.0 Å². The lowest BCUT2D eigenvalue weighted by atomic mass is 10.1. The van der Waals surface area contributed by atoms with Gasteiger partial charge in [0.05, 0.1) is 4.34 Å². The first-order valence-corrected chi connectivity index (χ1v) is 6.48. The zero-order chi connectivity index (χ0) is 9.54. The molecule has 2 fully saturated rings. The quantitative estimate of drug-likeness (QED) is 0.836. The fourth-order valence-electron chi connectivity index (χ4n) is 2.57. The van der Waals surface area contributed by atoms with Crippen molar-refractivity contribution < 1.29 is 0 Å². The normalized spacial score (nSPS) is 34.5. The highest BCUT2D eigenvalue weighted by atomic mass is 35.5. The standard InChI is InChI=1S/C11H14ClNS/c12-11-2-1-10(14-11)6-13-9-4-7-3-8(7)5-9/h1-2,7-9,13H,3-6H2. The third kappa shape index (κ3) is 1.83. The maximum Gasteiger partial charge on any atom is 0.0931 e. The Kier molecular flexibility index (Phi) is 2.31. The molecule has 1 aromatic heterocycles. The molecule has 0 radical (unpaired) electrons. The molecule has 14 heavy (non-hydrogen) atoms. The first kappa shape index (κ1) is 9.20. The SMILES string of the molecule is Clc1ccc(CNC2CC3CC3C2)s1. The molecule has 76 valence electrons. The van der Waals surface area contributed by atoms with Crippen LogP contribution in [0.4, 0.5) is 0 Å². The molecular weight excluding hydrogens is 214 g/mol. The zero-order valence-corrected chi connectivity index (χ0v) is 9.57. The average molecular weight is 228 g/mol. The van der Waals surface area contributed by atoms with Crippen molar-refractivity contribution in [1.29, 1.82) is 0 Å². The van der Waals surface area contributed by atoms with E-state index in [9.17, 15) is 0 Å². The lowest BCUT2D eigenvalue weighted by molar-refractivity contribution is 0.482. The van der Waals surface area contributed by atoms with Crippen molar-refractivity contribution in [1.82, 2.24) is 5.32 Å². The van der Waals surface area contributed by atoms with Crippen molar-refractivity contribution in [2.75, 3.05) is 0 Å². The minimum absolute atomic E-state index is 0.777. The Balaban J connectivity index is 1.50. The third-order valence-electron chi connectivity index (χ3n) is 3.44. The van der Waals surface area contributed by atoms with Crippen LogP contribution in [0.1, 0.15) is 24.1 Å². The molecule has 2 aliphatic carbocycles. The molecule has 0 bridgehead atoms. The van der Waals surface area contributed by atoms with Crippen molar-refractivity contribution in [2.24, 2.45) is 11.8 Å². The van der Waals surface area contributed by atoms with Gasteiger partial charge in [0.15, 0.2) is 0 Å². The second-order valence-electron chi connectivity index (χ2n) is 4.51. The van der Waals surface area contributed by atoms with Crippen LogP contribution in [-0.2, 0) is 6.54 Å². The number of hydrogen-bond donors (Lipinski definition) is 1. The summed E-state index contributed by atoms with van der Waals surface area (Å²) in [5, 5.41) is 3.62. The van der Waals surface area contributed by atoms with E-state index >= 15 is 0 Å². The van der Waals surface area contributed by atoms with Gasteiger partial charge in [0.2, 0.25) is 0 Å². The summed E-state index contributed by atoms with van der Waals surface area (Å²) < 4.78 is 0.899. The fourth-order valence-corrected chi connectivity index (χ4v) is 3.61. The minimum Gasteiger partial charge on any atom is -0.309 e. The number of thiophene rings is 1. The molecule has 0 spiro atoms. The molecular formula is C11H14ClNS. The van der Waals surface area contributed by atoms with E-state index in [1.54, 1.807) is 11.3 Å². The van der Waals surface area contributed by atoms with E-state index < -0.39 is 0 Å². The molecule has 0 aromatic carbocycles. The third-order valence-corrected chi connectivity index (χ3v) is 4.67. The molecule has 2 unspecified atom stereocenters. The molecule has 1 N–H and O–H groups in total. The summed E-state index contributed by atoms with van der Waals surface area (Å²) in [5.74, 6) is 2.14. The van der Waals surface area contributed by atoms with Crippen LogP contribution in [0.25, 0.3) is 0 Å². The van der Waals surface area contributed by atoms with Gasteiger partial charge in [-0.3, -0.25) is 0 Å². The zero-order valence-electron chi connectivity index (χ0n) is 8.00. The smallest absolute Gasteiger partial charge is 0.0931 e.